The summed E-state index contributed by atoms with van der Waals surface area (Å²) in [5.41, 5.74) is 2.89. The van der Waals surface area contributed by atoms with E-state index in [1.807, 2.05) is 30.3 Å². The normalized spacial score (nSPS) is 16.0. The SMILES string of the molecule is CCN(CCCNC(=O)C1c2cc(OC)c(OC)cc2C(=O)N(C)C1c1ccc(OC)c(OC)c1)c1ccccc1. The van der Waals surface area contributed by atoms with Crippen LogP contribution in [0.1, 0.15) is 46.8 Å². The Morgan fingerprint density at radius 1 is 0.878 bits per heavy atom. The van der Waals surface area contributed by atoms with Crippen LogP contribution in [0.3, 0.4) is 0 Å². The Kier molecular flexibility index (Phi) is 9.60. The highest BCUT2D eigenvalue weighted by molar-refractivity contribution is 6.02. The standard InChI is InChI=1S/C32H39N3O6/c1-7-35(22-12-9-8-10-13-22)17-11-16-33-31(36)29-23-19-27(40-5)28(41-6)20-24(23)32(37)34(2)30(29)21-14-15-25(38-3)26(18-21)39-4/h8-10,12-15,18-20,29-30H,7,11,16-17H2,1-6H3,(H,33,36). The molecule has 1 heterocycles. The molecule has 0 fully saturated rings. The van der Waals surface area contributed by atoms with Crippen molar-refractivity contribution in [2.24, 2.45) is 0 Å². The number of fused-ring (bicyclic) bond motifs is 1. The molecule has 4 rings (SSSR count). The van der Waals surface area contributed by atoms with Crippen LogP contribution in [0, 0.1) is 0 Å². The topological polar surface area (TPSA) is 89.6 Å². The molecule has 3 aromatic rings. The third kappa shape index (κ3) is 6.04. The van der Waals surface area contributed by atoms with Gasteiger partial charge >= 0.3 is 0 Å². The number of ether oxygens (including phenoxy) is 4. The molecule has 0 bridgehead atoms. The first kappa shape index (κ1) is 29.6. The molecule has 0 aliphatic carbocycles. The van der Waals surface area contributed by atoms with E-state index in [1.165, 1.54) is 14.2 Å². The Morgan fingerprint density at radius 3 is 2.15 bits per heavy atom. The van der Waals surface area contributed by atoms with Crippen molar-refractivity contribution in [2.45, 2.75) is 25.3 Å². The molecule has 41 heavy (non-hydrogen) atoms. The summed E-state index contributed by atoms with van der Waals surface area (Å²) in [6, 6.07) is 18.5. The van der Waals surface area contributed by atoms with Crippen LogP contribution in [0.2, 0.25) is 0 Å². The maximum atomic E-state index is 14.0. The van der Waals surface area contributed by atoms with Crippen LogP contribution in [0.15, 0.2) is 60.7 Å². The van der Waals surface area contributed by atoms with Crippen LogP contribution in [-0.4, -0.2) is 71.8 Å². The molecule has 1 aliphatic rings. The van der Waals surface area contributed by atoms with E-state index in [9.17, 15) is 9.59 Å². The van der Waals surface area contributed by atoms with Gasteiger partial charge in [0.25, 0.3) is 5.91 Å². The number of nitrogens with zero attached hydrogens (tertiary/aromatic N) is 2. The number of anilines is 1. The number of benzene rings is 3. The van der Waals surface area contributed by atoms with Crippen LogP contribution < -0.4 is 29.2 Å². The summed E-state index contributed by atoms with van der Waals surface area (Å²) in [7, 11) is 7.89. The summed E-state index contributed by atoms with van der Waals surface area (Å²) in [6.45, 7) is 4.26. The number of methoxy groups -OCH3 is 4. The maximum absolute atomic E-state index is 14.0. The number of amides is 2. The molecule has 218 valence electrons. The first-order chi connectivity index (χ1) is 19.9. The molecule has 0 saturated heterocycles. The van der Waals surface area contributed by atoms with Gasteiger partial charge in [0.15, 0.2) is 23.0 Å². The Labute approximate surface area is 241 Å². The van der Waals surface area contributed by atoms with Crippen molar-refractivity contribution < 1.29 is 28.5 Å². The number of nitrogens with one attached hydrogen (secondary N) is 1. The molecule has 2 unspecified atom stereocenters. The third-order valence-electron chi connectivity index (χ3n) is 7.61. The van der Waals surface area contributed by atoms with Gasteiger partial charge in [-0.25, -0.2) is 0 Å². The van der Waals surface area contributed by atoms with Crippen molar-refractivity contribution in [2.75, 3.05) is 60.0 Å². The van der Waals surface area contributed by atoms with Gasteiger partial charge in [0.05, 0.1) is 40.4 Å². The predicted molar refractivity (Wildman–Crippen MR) is 159 cm³/mol. The molecule has 0 spiro atoms. The lowest BCUT2D eigenvalue weighted by Crippen LogP contribution is -2.46. The summed E-state index contributed by atoms with van der Waals surface area (Å²) >= 11 is 0. The van der Waals surface area contributed by atoms with Crippen molar-refractivity contribution in [3.8, 4) is 23.0 Å². The molecule has 9 nitrogen and oxygen atoms in total. The average molecular weight is 562 g/mol. The second kappa shape index (κ2) is 13.3. The van der Waals surface area contributed by atoms with Gasteiger partial charge in [0.2, 0.25) is 5.91 Å². The van der Waals surface area contributed by atoms with Crippen molar-refractivity contribution in [1.29, 1.82) is 0 Å². The van der Waals surface area contributed by atoms with Gasteiger partial charge in [0, 0.05) is 37.9 Å². The summed E-state index contributed by atoms with van der Waals surface area (Å²) in [5, 5.41) is 3.14. The minimum Gasteiger partial charge on any atom is -0.493 e. The first-order valence-corrected chi connectivity index (χ1v) is 13.7. The maximum Gasteiger partial charge on any atom is 0.254 e. The second-order valence-corrected chi connectivity index (χ2v) is 9.81. The fourth-order valence-corrected chi connectivity index (χ4v) is 5.48. The Morgan fingerprint density at radius 2 is 1.51 bits per heavy atom. The lowest BCUT2D eigenvalue weighted by molar-refractivity contribution is -0.124. The van der Waals surface area contributed by atoms with E-state index in [1.54, 1.807) is 44.4 Å². The van der Waals surface area contributed by atoms with Crippen LogP contribution in [-0.2, 0) is 4.79 Å². The molecule has 9 heteroatoms. The molecule has 2 amide bonds. The molecule has 2 atom stereocenters. The fourth-order valence-electron chi connectivity index (χ4n) is 5.48. The summed E-state index contributed by atoms with van der Waals surface area (Å²) < 4.78 is 22.0. The Hall–Kier alpha value is -4.40. The molecule has 1 aliphatic heterocycles. The monoisotopic (exact) mass is 561 g/mol. The van der Waals surface area contributed by atoms with E-state index in [4.69, 9.17) is 18.9 Å². The Balaban J connectivity index is 1.67. The van der Waals surface area contributed by atoms with Crippen LogP contribution in [0.4, 0.5) is 5.69 Å². The average Bonchev–Trinajstić information content (AvgIpc) is 3.01. The minimum atomic E-state index is -0.706. The van der Waals surface area contributed by atoms with Gasteiger partial charge in [-0.1, -0.05) is 24.3 Å². The lowest BCUT2D eigenvalue weighted by atomic mass is 9.79. The van der Waals surface area contributed by atoms with Crippen LogP contribution >= 0.6 is 0 Å². The highest BCUT2D eigenvalue weighted by Gasteiger charge is 2.43. The molecule has 0 aromatic heterocycles. The number of hydrogen-bond donors (Lipinski definition) is 1. The van der Waals surface area contributed by atoms with Crippen molar-refractivity contribution in [3.63, 3.8) is 0 Å². The van der Waals surface area contributed by atoms with E-state index in [0.29, 0.717) is 40.7 Å². The zero-order chi connectivity index (χ0) is 29.5. The van der Waals surface area contributed by atoms with Crippen molar-refractivity contribution >= 4 is 17.5 Å². The second-order valence-electron chi connectivity index (χ2n) is 9.81. The van der Waals surface area contributed by atoms with E-state index in [-0.39, 0.29) is 11.8 Å². The van der Waals surface area contributed by atoms with Crippen molar-refractivity contribution in [1.82, 2.24) is 10.2 Å². The van der Waals surface area contributed by atoms with Gasteiger partial charge in [0.1, 0.15) is 0 Å². The molecule has 0 radical (unpaired) electrons. The summed E-state index contributed by atoms with van der Waals surface area (Å²) in [4.78, 5) is 31.6. The number of carbonyl (C=O) groups excluding carboxylic acids is 2. The minimum absolute atomic E-state index is 0.180. The number of likely N-dealkylation sites (N-methyl/N-ethyl adjacent to an activating group) is 1. The zero-order valence-electron chi connectivity index (χ0n) is 24.6. The summed E-state index contributed by atoms with van der Waals surface area (Å²) in [5.74, 6) is 0.858. The van der Waals surface area contributed by atoms with Crippen LogP contribution in [0.5, 0.6) is 23.0 Å². The summed E-state index contributed by atoms with van der Waals surface area (Å²) in [6.07, 6.45) is 0.760. The molecular weight excluding hydrogens is 522 g/mol. The number of carbonyl (C=O) groups is 2. The quantitative estimate of drug-likeness (QED) is 0.322. The number of rotatable bonds is 12. The van der Waals surface area contributed by atoms with Gasteiger partial charge in [-0.15, -0.1) is 0 Å². The molecule has 0 saturated carbocycles. The smallest absolute Gasteiger partial charge is 0.254 e. The zero-order valence-corrected chi connectivity index (χ0v) is 24.6. The molecule has 1 N–H and O–H groups in total. The first-order valence-electron chi connectivity index (χ1n) is 13.7. The van der Waals surface area contributed by atoms with E-state index >= 15 is 0 Å². The van der Waals surface area contributed by atoms with Crippen LogP contribution in [0.25, 0.3) is 0 Å². The van der Waals surface area contributed by atoms with Gasteiger partial charge in [-0.3, -0.25) is 9.59 Å². The van der Waals surface area contributed by atoms with E-state index < -0.39 is 12.0 Å². The number of para-hydroxylation sites is 1. The van der Waals surface area contributed by atoms with Gasteiger partial charge in [-0.2, -0.15) is 0 Å². The number of hydrogen-bond acceptors (Lipinski definition) is 7. The molecule has 3 aromatic carbocycles. The highest BCUT2D eigenvalue weighted by atomic mass is 16.5. The fraction of sp³-hybridized carbons (Fsp3) is 0.375. The lowest BCUT2D eigenvalue weighted by Gasteiger charge is -2.40. The predicted octanol–water partition coefficient (Wildman–Crippen LogP) is 4.66. The van der Waals surface area contributed by atoms with Crippen molar-refractivity contribution in [3.05, 3.63) is 77.4 Å². The largest absolute Gasteiger partial charge is 0.493 e. The Bertz CT molecular complexity index is 1360. The van der Waals surface area contributed by atoms with E-state index in [2.05, 4.69) is 29.3 Å². The van der Waals surface area contributed by atoms with E-state index in [0.717, 1.165) is 30.8 Å². The van der Waals surface area contributed by atoms with Gasteiger partial charge < -0.3 is 34.1 Å². The molecular formula is C32H39N3O6. The van der Waals surface area contributed by atoms with Gasteiger partial charge in [-0.05, 0) is 60.9 Å². The third-order valence-corrected chi connectivity index (χ3v) is 7.61. The highest BCUT2D eigenvalue weighted by Crippen LogP contribution is 2.46.